The van der Waals surface area contributed by atoms with Gasteiger partial charge in [-0.25, -0.2) is 0 Å². The van der Waals surface area contributed by atoms with Gasteiger partial charge in [-0.1, -0.05) is 240 Å². The van der Waals surface area contributed by atoms with Gasteiger partial charge in [-0.2, -0.15) is 0 Å². The monoisotopic (exact) mass is 927 g/mol. The molecule has 1 atom stereocenters. The molecule has 6 nitrogen and oxygen atoms in total. The van der Waals surface area contributed by atoms with Crippen LogP contribution in [0.15, 0.2) is 207 Å². The number of hydrogen-bond acceptors (Lipinski definition) is 6. The lowest BCUT2D eigenvalue weighted by Crippen LogP contribution is -2.30. The molecule has 0 aliphatic carbocycles. The van der Waals surface area contributed by atoms with Gasteiger partial charge in [0.15, 0.2) is 6.10 Å². The minimum Gasteiger partial charge on any atom is -0.462 e. The van der Waals surface area contributed by atoms with E-state index >= 15 is 0 Å². The predicted molar refractivity (Wildman–Crippen MR) is 292 cm³/mol. The second kappa shape index (κ2) is 53.6. The zero-order valence-electron chi connectivity index (χ0n) is 42.0. The van der Waals surface area contributed by atoms with Gasteiger partial charge in [-0.15, -0.1) is 0 Å². The number of allylic oxidation sites excluding steroid dienone is 34. The van der Waals surface area contributed by atoms with Gasteiger partial charge in [0, 0.05) is 19.3 Å². The van der Waals surface area contributed by atoms with Crippen LogP contribution in [0, 0.1) is 0 Å². The Hall–Kier alpha value is -6.01. The predicted octanol–water partition coefficient (Wildman–Crippen LogP) is 16.9. The lowest BCUT2D eigenvalue weighted by atomic mass is 10.1. The number of rotatable bonds is 41. The molecule has 0 bridgehead atoms. The molecule has 0 aromatic carbocycles. The zero-order valence-corrected chi connectivity index (χ0v) is 42.0. The number of ether oxygens (including phenoxy) is 3. The summed E-state index contributed by atoms with van der Waals surface area (Å²) in [5.74, 6) is -1.10. The molecule has 0 heterocycles. The minimum absolute atomic E-state index is 0.146. The summed E-state index contributed by atoms with van der Waals surface area (Å²) in [7, 11) is 0. The molecule has 370 valence electrons. The lowest BCUT2D eigenvalue weighted by molar-refractivity contribution is -0.167. The normalized spacial score (nSPS) is 13.9. The van der Waals surface area contributed by atoms with Crippen LogP contribution >= 0.6 is 0 Å². The van der Waals surface area contributed by atoms with E-state index < -0.39 is 6.10 Å². The summed E-state index contributed by atoms with van der Waals surface area (Å²) < 4.78 is 16.7. The van der Waals surface area contributed by atoms with E-state index in [9.17, 15) is 14.4 Å². The van der Waals surface area contributed by atoms with Crippen molar-refractivity contribution in [2.24, 2.45) is 0 Å². The molecule has 68 heavy (non-hydrogen) atoms. The molecule has 0 aromatic rings. The zero-order chi connectivity index (χ0) is 49.3. The quantitative estimate of drug-likeness (QED) is 0.0200. The number of unbranched alkanes of at least 4 members (excludes halogenated alkanes) is 8. The first-order chi connectivity index (χ1) is 33.5. The summed E-state index contributed by atoms with van der Waals surface area (Å²) >= 11 is 0. The summed E-state index contributed by atoms with van der Waals surface area (Å²) in [5.41, 5.74) is 0. The molecule has 0 saturated carbocycles. The lowest BCUT2D eigenvalue weighted by Gasteiger charge is -2.18. The molecule has 0 aliphatic heterocycles. The molecule has 0 fully saturated rings. The van der Waals surface area contributed by atoms with Gasteiger partial charge < -0.3 is 14.2 Å². The molecule has 0 aliphatic rings. The van der Waals surface area contributed by atoms with Crippen LogP contribution in [0.25, 0.3) is 0 Å². The Labute approximate surface area is 413 Å². The molecule has 0 spiro atoms. The summed E-state index contributed by atoms with van der Waals surface area (Å²) in [6, 6.07) is 0. The topological polar surface area (TPSA) is 78.9 Å². The average Bonchev–Trinajstić information content (AvgIpc) is 3.34. The van der Waals surface area contributed by atoms with E-state index in [2.05, 4.69) is 81.5 Å². The molecular weight excluding hydrogens is 841 g/mol. The second-order valence-corrected chi connectivity index (χ2v) is 15.6. The Bertz CT molecular complexity index is 1780. The largest absolute Gasteiger partial charge is 0.462 e. The van der Waals surface area contributed by atoms with Gasteiger partial charge in [0.1, 0.15) is 13.2 Å². The Morgan fingerprint density at radius 2 is 0.603 bits per heavy atom. The van der Waals surface area contributed by atoms with E-state index in [0.717, 1.165) is 83.5 Å². The minimum atomic E-state index is -0.851. The highest BCUT2D eigenvalue weighted by Gasteiger charge is 2.19. The summed E-state index contributed by atoms with van der Waals surface area (Å²) in [6.45, 7) is 6.06. The van der Waals surface area contributed by atoms with E-state index in [1.54, 1.807) is 0 Å². The van der Waals surface area contributed by atoms with Crippen molar-refractivity contribution in [2.75, 3.05) is 13.2 Å². The Balaban J connectivity index is 4.70. The summed E-state index contributed by atoms with van der Waals surface area (Å²) in [5, 5.41) is 0. The van der Waals surface area contributed by atoms with Gasteiger partial charge in [0.2, 0.25) is 0 Å². The van der Waals surface area contributed by atoms with Gasteiger partial charge in [-0.3, -0.25) is 14.4 Å². The van der Waals surface area contributed by atoms with Gasteiger partial charge in [-0.05, 0) is 89.9 Å². The van der Waals surface area contributed by atoms with Gasteiger partial charge in [0.05, 0.1) is 0 Å². The number of carbonyl (C=O) groups excluding carboxylic acids is 3. The molecule has 6 heteroatoms. The van der Waals surface area contributed by atoms with Crippen LogP contribution in [0.3, 0.4) is 0 Å². The van der Waals surface area contributed by atoms with Crippen molar-refractivity contribution in [3.8, 4) is 0 Å². The first-order valence-electron chi connectivity index (χ1n) is 25.3. The third kappa shape index (κ3) is 51.0. The Morgan fingerprint density at radius 1 is 0.309 bits per heavy atom. The van der Waals surface area contributed by atoms with Gasteiger partial charge >= 0.3 is 17.9 Å². The van der Waals surface area contributed by atoms with Crippen LogP contribution in [-0.2, 0) is 28.6 Å². The van der Waals surface area contributed by atoms with Crippen molar-refractivity contribution in [3.05, 3.63) is 207 Å². The van der Waals surface area contributed by atoms with Gasteiger partial charge in [0.25, 0.3) is 0 Å². The molecule has 0 amide bonds. The van der Waals surface area contributed by atoms with Crippen molar-refractivity contribution < 1.29 is 28.6 Å². The van der Waals surface area contributed by atoms with E-state index in [4.69, 9.17) is 14.2 Å². The molecule has 0 radical (unpaired) electrons. The van der Waals surface area contributed by atoms with E-state index in [-0.39, 0.29) is 50.4 Å². The van der Waals surface area contributed by atoms with E-state index in [0.29, 0.717) is 19.3 Å². The molecule has 0 N–H and O–H groups in total. The second-order valence-electron chi connectivity index (χ2n) is 15.6. The molecule has 0 aromatic heterocycles. The molecule has 1 unspecified atom stereocenters. The van der Waals surface area contributed by atoms with Crippen LogP contribution in [0.4, 0.5) is 0 Å². The standard InChI is InChI=1S/C62H86O6/c1-4-7-10-13-16-19-22-25-27-29-31-33-35-37-40-43-46-49-52-55-61(64)67-58-59(57-66-60(63)54-51-48-45-42-39-24-21-18-15-12-9-6-3)68-62(65)56-53-50-47-44-41-38-36-34-32-30-28-26-23-20-17-14-11-8-5-2/h7-14,16-23,25-42,59H,4-6,15,24,43-58H2,1-3H3/b10-7-,11-8-,12-9-,16-13-,17-14-,21-18-,22-19-,23-20-,27-25-,28-26-,31-29+,32-30+,35-33-,36-34-,40-37-,41-38-,42-39-. The number of esters is 3. The maximum absolute atomic E-state index is 12.8. The van der Waals surface area contributed by atoms with E-state index in [1.165, 1.54) is 0 Å². The average molecular weight is 927 g/mol. The highest BCUT2D eigenvalue weighted by molar-refractivity contribution is 5.71. The molecular formula is C62H86O6. The number of hydrogen-bond donors (Lipinski definition) is 0. The summed E-state index contributed by atoms with van der Waals surface area (Å²) in [4.78, 5) is 38.0. The van der Waals surface area contributed by atoms with Crippen LogP contribution in [0.1, 0.15) is 143 Å². The van der Waals surface area contributed by atoms with Crippen molar-refractivity contribution in [3.63, 3.8) is 0 Å². The van der Waals surface area contributed by atoms with E-state index in [1.807, 2.05) is 146 Å². The first kappa shape index (κ1) is 62.0. The van der Waals surface area contributed by atoms with Crippen molar-refractivity contribution in [1.29, 1.82) is 0 Å². The molecule has 0 rings (SSSR count). The smallest absolute Gasteiger partial charge is 0.306 e. The summed E-state index contributed by atoms with van der Waals surface area (Å²) in [6.07, 6.45) is 83.7. The van der Waals surface area contributed by atoms with Crippen molar-refractivity contribution in [1.82, 2.24) is 0 Å². The van der Waals surface area contributed by atoms with Crippen LogP contribution in [-0.4, -0.2) is 37.2 Å². The maximum Gasteiger partial charge on any atom is 0.306 e. The third-order valence-electron chi connectivity index (χ3n) is 9.40. The fourth-order valence-electron chi connectivity index (χ4n) is 5.71. The first-order valence-corrected chi connectivity index (χ1v) is 25.3. The highest BCUT2D eigenvalue weighted by atomic mass is 16.6. The fraction of sp³-hybridized carbons (Fsp3) is 0.403. The van der Waals surface area contributed by atoms with Crippen molar-refractivity contribution in [2.45, 2.75) is 149 Å². The fourth-order valence-corrected chi connectivity index (χ4v) is 5.71. The third-order valence-corrected chi connectivity index (χ3v) is 9.40. The SMILES string of the molecule is CC\C=C/C=C\C=C/C=C\C=C\C=C/C=C\CCCCCC(=O)OCC(COC(=O)CCCC/C=C\C/C=C\C/C=C\CC)OC(=O)CCCCC\C=C/C=C\C=C\C=C/C=C\C=C/C=C\CC. The maximum atomic E-state index is 12.8. The Kier molecular flexibility index (Phi) is 48.9. The molecule has 0 saturated heterocycles. The van der Waals surface area contributed by atoms with Crippen molar-refractivity contribution >= 4 is 17.9 Å². The van der Waals surface area contributed by atoms with Crippen LogP contribution < -0.4 is 0 Å². The Morgan fingerprint density at radius 3 is 1.00 bits per heavy atom. The van der Waals surface area contributed by atoms with Crippen LogP contribution in [0.2, 0.25) is 0 Å². The highest BCUT2D eigenvalue weighted by Crippen LogP contribution is 2.10. The van der Waals surface area contributed by atoms with Crippen LogP contribution in [0.5, 0.6) is 0 Å². The number of carbonyl (C=O) groups is 3.